The minimum Gasteiger partial charge on any atom is -0.378 e. The summed E-state index contributed by atoms with van der Waals surface area (Å²) in [4.78, 5) is 14.3. The van der Waals surface area contributed by atoms with Gasteiger partial charge in [0.1, 0.15) is 0 Å². The molecule has 1 heterocycles. The molecule has 2 amide bonds. The second kappa shape index (κ2) is 7.95. The van der Waals surface area contributed by atoms with Crippen LogP contribution < -0.4 is 15.5 Å². The molecule has 140 valence electrons. The standard InChI is InChI=1S/C21H25N5O/c1-15-11-16(2)26(24-15)20-10-6-8-18(13-20)23-21(27)22-14-17-7-5-9-19(12-17)25(3)4/h5-13H,14H2,1-4H3,(H2,22,23,27). The lowest BCUT2D eigenvalue weighted by molar-refractivity contribution is 0.251. The Morgan fingerprint density at radius 3 is 2.56 bits per heavy atom. The first kappa shape index (κ1) is 18.5. The highest BCUT2D eigenvalue weighted by molar-refractivity contribution is 5.89. The first-order valence-corrected chi connectivity index (χ1v) is 8.87. The maximum atomic E-state index is 12.3. The summed E-state index contributed by atoms with van der Waals surface area (Å²) in [5.74, 6) is 0. The summed E-state index contributed by atoms with van der Waals surface area (Å²) in [6.45, 7) is 4.43. The van der Waals surface area contributed by atoms with Gasteiger partial charge in [0.15, 0.2) is 0 Å². The zero-order valence-electron chi connectivity index (χ0n) is 16.2. The Morgan fingerprint density at radius 1 is 1.07 bits per heavy atom. The lowest BCUT2D eigenvalue weighted by Crippen LogP contribution is -2.28. The molecule has 6 heteroatoms. The van der Waals surface area contributed by atoms with E-state index in [1.807, 2.05) is 86.1 Å². The molecule has 1 aromatic heterocycles. The normalized spacial score (nSPS) is 10.5. The number of aromatic nitrogens is 2. The summed E-state index contributed by atoms with van der Waals surface area (Å²) < 4.78 is 1.87. The van der Waals surface area contributed by atoms with Crippen molar-refractivity contribution in [2.24, 2.45) is 0 Å². The second-order valence-corrected chi connectivity index (χ2v) is 6.76. The van der Waals surface area contributed by atoms with Crippen molar-refractivity contribution in [3.05, 3.63) is 71.5 Å². The molecule has 27 heavy (non-hydrogen) atoms. The van der Waals surface area contributed by atoms with Crippen molar-refractivity contribution in [3.63, 3.8) is 0 Å². The summed E-state index contributed by atoms with van der Waals surface area (Å²) in [7, 11) is 3.99. The lowest BCUT2D eigenvalue weighted by Gasteiger charge is -2.14. The van der Waals surface area contributed by atoms with Crippen molar-refractivity contribution in [1.29, 1.82) is 0 Å². The zero-order valence-corrected chi connectivity index (χ0v) is 16.2. The van der Waals surface area contributed by atoms with E-state index in [1.165, 1.54) is 0 Å². The molecule has 0 radical (unpaired) electrons. The molecule has 0 fully saturated rings. The highest BCUT2D eigenvalue weighted by Crippen LogP contribution is 2.17. The Morgan fingerprint density at radius 2 is 1.85 bits per heavy atom. The predicted molar refractivity (Wildman–Crippen MR) is 110 cm³/mol. The molecular weight excluding hydrogens is 338 g/mol. The minimum atomic E-state index is -0.240. The first-order valence-electron chi connectivity index (χ1n) is 8.87. The highest BCUT2D eigenvalue weighted by atomic mass is 16.2. The molecule has 0 bridgehead atoms. The number of nitrogens with zero attached hydrogens (tertiary/aromatic N) is 3. The maximum absolute atomic E-state index is 12.3. The molecule has 0 spiro atoms. The third-order valence-corrected chi connectivity index (χ3v) is 4.24. The largest absolute Gasteiger partial charge is 0.378 e. The van der Waals surface area contributed by atoms with Gasteiger partial charge in [-0.1, -0.05) is 18.2 Å². The average molecular weight is 363 g/mol. The number of rotatable bonds is 5. The Hall–Kier alpha value is -3.28. The van der Waals surface area contributed by atoms with Crippen molar-refractivity contribution >= 4 is 17.4 Å². The zero-order chi connectivity index (χ0) is 19.4. The Bertz CT molecular complexity index is 945. The summed E-state index contributed by atoms with van der Waals surface area (Å²) >= 11 is 0. The molecule has 0 aliphatic heterocycles. The van der Waals surface area contributed by atoms with E-state index >= 15 is 0 Å². The van der Waals surface area contributed by atoms with Gasteiger partial charge in [0.05, 0.1) is 11.4 Å². The van der Waals surface area contributed by atoms with Gasteiger partial charge < -0.3 is 15.5 Å². The van der Waals surface area contributed by atoms with Crippen LogP contribution in [0.3, 0.4) is 0 Å². The molecule has 0 aliphatic rings. The number of carbonyl (C=O) groups is 1. The van der Waals surface area contributed by atoms with E-state index in [-0.39, 0.29) is 6.03 Å². The van der Waals surface area contributed by atoms with Gasteiger partial charge in [-0.25, -0.2) is 9.48 Å². The van der Waals surface area contributed by atoms with Crippen LogP contribution in [0.25, 0.3) is 5.69 Å². The quantitative estimate of drug-likeness (QED) is 0.723. The molecule has 0 aliphatic carbocycles. The molecule has 0 unspecified atom stereocenters. The number of aryl methyl sites for hydroxylation is 2. The van der Waals surface area contributed by atoms with Gasteiger partial charge in [0.2, 0.25) is 0 Å². The van der Waals surface area contributed by atoms with E-state index in [4.69, 9.17) is 0 Å². The fourth-order valence-electron chi connectivity index (χ4n) is 2.91. The Balaban J connectivity index is 1.64. The molecule has 3 rings (SSSR count). The van der Waals surface area contributed by atoms with Crippen molar-refractivity contribution in [3.8, 4) is 5.69 Å². The van der Waals surface area contributed by atoms with E-state index in [9.17, 15) is 4.79 Å². The van der Waals surface area contributed by atoms with Crippen molar-refractivity contribution in [1.82, 2.24) is 15.1 Å². The van der Waals surface area contributed by atoms with Gasteiger partial charge in [-0.05, 0) is 55.8 Å². The third-order valence-electron chi connectivity index (χ3n) is 4.24. The number of anilines is 2. The minimum absolute atomic E-state index is 0.240. The van der Waals surface area contributed by atoms with Crippen LogP contribution in [-0.4, -0.2) is 29.9 Å². The number of nitrogens with one attached hydrogen (secondary N) is 2. The van der Waals surface area contributed by atoms with Crippen LogP contribution >= 0.6 is 0 Å². The number of hydrogen-bond donors (Lipinski definition) is 2. The molecule has 3 aromatic rings. The number of hydrogen-bond acceptors (Lipinski definition) is 3. The van der Waals surface area contributed by atoms with Crippen molar-refractivity contribution in [2.45, 2.75) is 20.4 Å². The third kappa shape index (κ3) is 4.67. The SMILES string of the molecule is Cc1cc(C)n(-c2cccc(NC(=O)NCc3cccc(N(C)C)c3)c2)n1. The van der Waals surface area contributed by atoms with Crippen molar-refractivity contribution in [2.75, 3.05) is 24.3 Å². The molecule has 0 saturated carbocycles. The van der Waals surface area contributed by atoms with Crippen LogP contribution in [0.1, 0.15) is 17.0 Å². The van der Waals surface area contributed by atoms with Gasteiger partial charge >= 0.3 is 6.03 Å². The van der Waals surface area contributed by atoms with Gasteiger partial charge in [0, 0.05) is 37.7 Å². The van der Waals surface area contributed by atoms with Gasteiger partial charge in [-0.15, -0.1) is 0 Å². The van der Waals surface area contributed by atoms with E-state index in [2.05, 4.69) is 21.8 Å². The first-order chi connectivity index (χ1) is 12.9. The van der Waals surface area contributed by atoms with E-state index in [1.54, 1.807) is 0 Å². The molecule has 0 saturated heterocycles. The average Bonchev–Trinajstić information content (AvgIpc) is 2.99. The number of benzene rings is 2. The second-order valence-electron chi connectivity index (χ2n) is 6.76. The number of urea groups is 1. The van der Waals surface area contributed by atoms with Crippen LogP contribution in [0.2, 0.25) is 0 Å². The summed E-state index contributed by atoms with van der Waals surface area (Å²) in [5, 5.41) is 10.3. The molecule has 0 atom stereocenters. The fraction of sp³-hybridized carbons (Fsp3) is 0.238. The molecule has 2 N–H and O–H groups in total. The summed E-state index contributed by atoms with van der Waals surface area (Å²) in [6.07, 6.45) is 0. The summed E-state index contributed by atoms with van der Waals surface area (Å²) in [5.41, 5.74) is 5.80. The van der Waals surface area contributed by atoms with Gasteiger partial charge in [-0.2, -0.15) is 5.10 Å². The lowest BCUT2D eigenvalue weighted by atomic mass is 10.2. The van der Waals surface area contributed by atoms with Gasteiger partial charge in [-0.3, -0.25) is 0 Å². The number of amides is 2. The van der Waals surface area contributed by atoms with Crippen LogP contribution in [0.15, 0.2) is 54.6 Å². The van der Waals surface area contributed by atoms with Crippen LogP contribution in [0, 0.1) is 13.8 Å². The summed E-state index contributed by atoms with van der Waals surface area (Å²) in [6, 6.07) is 17.5. The predicted octanol–water partition coefficient (Wildman–Crippen LogP) is 3.88. The topological polar surface area (TPSA) is 62.2 Å². The Kier molecular flexibility index (Phi) is 5.45. The van der Waals surface area contributed by atoms with E-state index in [0.717, 1.165) is 34.0 Å². The fourth-order valence-corrected chi connectivity index (χ4v) is 2.91. The van der Waals surface area contributed by atoms with Crippen LogP contribution in [-0.2, 0) is 6.54 Å². The highest BCUT2D eigenvalue weighted by Gasteiger charge is 2.07. The Labute approximate surface area is 159 Å². The van der Waals surface area contributed by atoms with Gasteiger partial charge in [0.25, 0.3) is 0 Å². The van der Waals surface area contributed by atoms with E-state index < -0.39 is 0 Å². The van der Waals surface area contributed by atoms with Crippen LogP contribution in [0.4, 0.5) is 16.2 Å². The smallest absolute Gasteiger partial charge is 0.319 e. The molecule has 6 nitrogen and oxygen atoms in total. The number of carbonyl (C=O) groups excluding carboxylic acids is 1. The van der Waals surface area contributed by atoms with Crippen LogP contribution in [0.5, 0.6) is 0 Å². The van der Waals surface area contributed by atoms with E-state index in [0.29, 0.717) is 6.54 Å². The monoisotopic (exact) mass is 363 g/mol. The molecular formula is C21H25N5O. The maximum Gasteiger partial charge on any atom is 0.319 e. The van der Waals surface area contributed by atoms with Crippen molar-refractivity contribution < 1.29 is 4.79 Å². The molecule has 2 aromatic carbocycles.